The van der Waals surface area contributed by atoms with Crippen molar-refractivity contribution in [3.8, 4) is 0 Å². The van der Waals surface area contributed by atoms with Gasteiger partial charge in [-0.25, -0.2) is 4.98 Å². The second-order valence-electron chi connectivity index (χ2n) is 5.05. The molecule has 18 heavy (non-hydrogen) atoms. The highest BCUT2D eigenvalue weighted by molar-refractivity contribution is 5.34. The molecule has 2 heterocycles. The molecule has 0 radical (unpaired) electrons. The molecule has 5 heteroatoms. The maximum absolute atomic E-state index is 5.95. The molecule has 0 atom stereocenters. The Bertz CT molecular complexity index is 369. The van der Waals surface area contributed by atoms with Gasteiger partial charge in [-0.3, -0.25) is 0 Å². The van der Waals surface area contributed by atoms with E-state index in [0.29, 0.717) is 6.04 Å². The molecule has 1 aromatic heterocycles. The van der Waals surface area contributed by atoms with Gasteiger partial charge in [0.2, 0.25) is 5.95 Å². The van der Waals surface area contributed by atoms with E-state index >= 15 is 0 Å². The summed E-state index contributed by atoms with van der Waals surface area (Å²) < 4.78 is 7.35. The first-order chi connectivity index (χ1) is 8.70. The summed E-state index contributed by atoms with van der Waals surface area (Å²) >= 11 is 0. The van der Waals surface area contributed by atoms with Crippen LogP contribution in [0.3, 0.4) is 0 Å². The molecule has 0 spiro atoms. The van der Waals surface area contributed by atoms with Gasteiger partial charge in [0.15, 0.2) is 0 Å². The summed E-state index contributed by atoms with van der Waals surface area (Å²) in [6, 6.07) is 0.360. The summed E-state index contributed by atoms with van der Waals surface area (Å²) in [5.41, 5.74) is 7.03. The lowest BCUT2D eigenvalue weighted by Gasteiger charge is -2.31. The Morgan fingerprint density at radius 3 is 2.83 bits per heavy atom. The fraction of sp³-hybridized carbons (Fsp3) is 0.769. The van der Waals surface area contributed by atoms with Gasteiger partial charge in [0.05, 0.1) is 5.69 Å². The summed E-state index contributed by atoms with van der Waals surface area (Å²) in [6.07, 6.45) is 5.26. The molecule has 0 unspecified atom stereocenters. The van der Waals surface area contributed by atoms with Gasteiger partial charge in [-0.2, -0.15) is 0 Å². The summed E-state index contributed by atoms with van der Waals surface area (Å²) in [4.78, 5) is 7.00. The minimum atomic E-state index is 0.360. The van der Waals surface area contributed by atoms with Crippen LogP contribution in [0.2, 0.25) is 0 Å². The molecule has 0 aliphatic carbocycles. The molecule has 1 aromatic rings. The number of nitrogens with two attached hydrogens (primary N) is 1. The number of imidazole rings is 1. The lowest BCUT2D eigenvalue weighted by molar-refractivity contribution is 0.190. The normalized spacial score (nSPS) is 17.4. The van der Waals surface area contributed by atoms with E-state index in [-0.39, 0.29) is 0 Å². The molecule has 0 aromatic carbocycles. The number of ether oxygens (including phenoxy) is 1. The summed E-state index contributed by atoms with van der Waals surface area (Å²) in [5.74, 6) is 1.09. The van der Waals surface area contributed by atoms with Gasteiger partial charge in [0.1, 0.15) is 0 Å². The van der Waals surface area contributed by atoms with E-state index in [4.69, 9.17) is 10.5 Å². The monoisotopic (exact) mass is 252 g/mol. The number of aryl methyl sites for hydroxylation is 2. The van der Waals surface area contributed by atoms with E-state index in [9.17, 15) is 0 Å². The van der Waals surface area contributed by atoms with Crippen LogP contribution in [-0.4, -0.2) is 42.4 Å². The van der Waals surface area contributed by atoms with Crippen LogP contribution in [0, 0.1) is 6.92 Å². The van der Waals surface area contributed by atoms with Crippen molar-refractivity contribution in [2.24, 2.45) is 5.73 Å². The lowest BCUT2D eigenvalue weighted by Crippen LogP contribution is -2.40. The number of hydrogen-bond acceptors (Lipinski definition) is 4. The van der Waals surface area contributed by atoms with Gasteiger partial charge in [-0.15, -0.1) is 0 Å². The number of aromatic nitrogens is 2. The Balaban J connectivity index is 2.02. The molecule has 1 fully saturated rings. The first kappa shape index (κ1) is 13.4. The van der Waals surface area contributed by atoms with Crippen LogP contribution in [-0.2, 0) is 11.3 Å². The highest BCUT2D eigenvalue weighted by Crippen LogP contribution is 2.19. The first-order valence-electron chi connectivity index (χ1n) is 6.74. The van der Waals surface area contributed by atoms with Gasteiger partial charge in [-0.05, 0) is 26.2 Å². The number of anilines is 1. The molecule has 1 aliphatic heterocycles. The Hall–Kier alpha value is -1.07. The fourth-order valence-electron chi connectivity index (χ4n) is 2.43. The molecular weight excluding hydrogens is 228 g/mol. The molecular formula is C13H24N4O. The van der Waals surface area contributed by atoms with Gasteiger partial charge in [0.25, 0.3) is 0 Å². The van der Waals surface area contributed by atoms with Crippen LogP contribution >= 0.6 is 0 Å². The Kier molecular flexibility index (Phi) is 4.60. The summed E-state index contributed by atoms with van der Waals surface area (Å²) in [7, 11) is 1.74. The van der Waals surface area contributed by atoms with Gasteiger partial charge >= 0.3 is 0 Å². The van der Waals surface area contributed by atoms with Gasteiger partial charge in [0, 0.05) is 45.6 Å². The average molecular weight is 252 g/mol. The Morgan fingerprint density at radius 1 is 1.44 bits per heavy atom. The van der Waals surface area contributed by atoms with E-state index in [1.807, 2.05) is 6.92 Å². The smallest absolute Gasteiger partial charge is 0.205 e. The molecule has 0 amide bonds. The lowest BCUT2D eigenvalue weighted by atomic mass is 10.1. The molecule has 1 saturated heterocycles. The number of nitrogens with zero attached hydrogens (tertiary/aromatic N) is 3. The molecule has 102 valence electrons. The fourth-order valence-corrected chi connectivity index (χ4v) is 2.43. The van der Waals surface area contributed by atoms with E-state index in [2.05, 4.69) is 20.6 Å². The van der Waals surface area contributed by atoms with Crippen molar-refractivity contribution in [1.82, 2.24) is 9.55 Å². The van der Waals surface area contributed by atoms with Crippen LogP contribution in [0.15, 0.2) is 6.20 Å². The van der Waals surface area contributed by atoms with Crippen molar-refractivity contribution >= 4 is 5.95 Å². The average Bonchev–Trinajstić information content (AvgIpc) is 2.72. The zero-order valence-corrected chi connectivity index (χ0v) is 11.4. The summed E-state index contributed by atoms with van der Waals surface area (Å²) in [5, 5.41) is 0. The van der Waals surface area contributed by atoms with Gasteiger partial charge < -0.3 is 19.9 Å². The molecule has 5 nitrogen and oxygen atoms in total. The van der Waals surface area contributed by atoms with Crippen LogP contribution in [0.4, 0.5) is 5.95 Å². The van der Waals surface area contributed by atoms with Gasteiger partial charge in [-0.1, -0.05) is 0 Å². The minimum absolute atomic E-state index is 0.360. The number of hydrogen-bond donors (Lipinski definition) is 1. The Morgan fingerprint density at radius 2 is 2.17 bits per heavy atom. The van der Waals surface area contributed by atoms with Crippen LogP contribution < -0.4 is 10.6 Å². The maximum atomic E-state index is 5.95. The highest BCUT2D eigenvalue weighted by Gasteiger charge is 2.20. The summed E-state index contributed by atoms with van der Waals surface area (Å²) in [6.45, 7) is 5.84. The largest absolute Gasteiger partial charge is 0.385 e. The number of methoxy groups -OCH3 is 1. The number of rotatable bonds is 5. The predicted molar refractivity (Wildman–Crippen MR) is 72.9 cm³/mol. The third kappa shape index (κ3) is 3.23. The molecule has 1 aliphatic rings. The molecule has 0 saturated carbocycles. The van der Waals surface area contributed by atoms with Crippen molar-refractivity contribution in [1.29, 1.82) is 0 Å². The zero-order valence-electron chi connectivity index (χ0n) is 11.4. The minimum Gasteiger partial charge on any atom is -0.385 e. The maximum Gasteiger partial charge on any atom is 0.205 e. The van der Waals surface area contributed by atoms with Crippen molar-refractivity contribution in [3.05, 3.63) is 11.9 Å². The molecule has 0 bridgehead atoms. The van der Waals surface area contributed by atoms with Crippen molar-refractivity contribution in [3.63, 3.8) is 0 Å². The van der Waals surface area contributed by atoms with Crippen LogP contribution in [0.25, 0.3) is 0 Å². The second kappa shape index (κ2) is 6.20. The topological polar surface area (TPSA) is 56.3 Å². The first-order valence-corrected chi connectivity index (χ1v) is 6.74. The van der Waals surface area contributed by atoms with Crippen molar-refractivity contribution in [2.75, 3.05) is 31.7 Å². The molecule has 2 N–H and O–H groups in total. The number of piperidine rings is 1. The SMILES string of the molecule is COCCCn1cc(C)nc1N1CCC(N)CC1. The molecule has 2 rings (SSSR count). The van der Waals surface area contributed by atoms with Crippen molar-refractivity contribution < 1.29 is 4.74 Å². The van der Waals surface area contributed by atoms with E-state index < -0.39 is 0 Å². The van der Waals surface area contributed by atoms with Crippen molar-refractivity contribution in [2.45, 2.75) is 38.8 Å². The standard InChI is InChI=1S/C13H24N4O/c1-11-10-17(6-3-9-18-2)13(15-11)16-7-4-12(14)5-8-16/h10,12H,3-9,14H2,1-2H3. The zero-order chi connectivity index (χ0) is 13.0. The third-order valence-corrected chi connectivity index (χ3v) is 3.45. The van der Waals surface area contributed by atoms with Crippen LogP contribution in [0.5, 0.6) is 0 Å². The quantitative estimate of drug-likeness (QED) is 0.799. The predicted octanol–water partition coefficient (Wildman–Crippen LogP) is 1.16. The highest BCUT2D eigenvalue weighted by atomic mass is 16.5. The van der Waals surface area contributed by atoms with E-state index in [1.54, 1.807) is 7.11 Å². The third-order valence-electron chi connectivity index (χ3n) is 3.45. The Labute approximate surface area is 109 Å². The van der Waals surface area contributed by atoms with E-state index in [0.717, 1.165) is 57.1 Å². The second-order valence-corrected chi connectivity index (χ2v) is 5.05. The van der Waals surface area contributed by atoms with E-state index in [1.165, 1.54) is 0 Å². The van der Waals surface area contributed by atoms with Crippen LogP contribution in [0.1, 0.15) is 25.0 Å².